The number of hydrogen-bond donors (Lipinski definition) is 1. The normalized spacial score (nSPS) is 12.7. The van der Waals surface area contributed by atoms with Crippen molar-refractivity contribution in [3.8, 4) is 0 Å². The molecule has 0 aromatic heterocycles. The SMILES string of the molecule is Cc1cc(C)c(N(CC(=O)N[C@H](CC(C)C)c2ccccc2)S(C)(=O)=O)c(C)c1. The molecule has 1 amide bonds. The van der Waals surface area contributed by atoms with Gasteiger partial charge in [0.25, 0.3) is 0 Å². The van der Waals surface area contributed by atoms with Crippen LogP contribution in [0, 0.1) is 26.7 Å². The first kappa shape index (κ1) is 22.9. The minimum Gasteiger partial charge on any atom is -0.348 e. The van der Waals surface area contributed by atoms with Crippen LogP contribution < -0.4 is 9.62 Å². The van der Waals surface area contributed by atoms with Crippen LogP contribution in [-0.4, -0.2) is 27.1 Å². The molecule has 2 aromatic carbocycles. The zero-order valence-electron chi connectivity index (χ0n) is 18.2. The van der Waals surface area contributed by atoms with E-state index in [9.17, 15) is 13.2 Å². The lowest BCUT2D eigenvalue weighted by molar-refractivity contribution is -0.120. The molecular formula is C23H32N2O3S. The number of rotatable bonds is 8. The van der Waals surface area contributed by atoms with Crippen molar-refractivity contribution in [1.29, 1.82) is 0 Å². The van der Waals surface area contributed by atoms with E-state index in [0.717, 1.165) is 34.9 Å². The number of hydrogen-bond acceptors (Lipinski definition) is 3. The summed E-state index contributed by atoms with van der Waals surface area (Å²) in [5, 5.41) is 3.04. The van der Waals surface area contributed by atoms with E-state index in [1.165, 1.54) is 4.31 Å². The van der Waals surface area contributed by atoms with E-state index in [0.29, 0.717) is 11.6 Å². The van der Waals surface area contributed by atoms with Crippen LogP contribution in [0.1, 0.15) is 48.6 Å². The molecular weight excluding hydrogens is 384 g/mol. The van der Waals surface area contributed by atoms with Gasteiger partial charge in [0.1, 0.15) is 6.54 Å². The fourth-order valence-corrected chi connectivity index (χ4v) is 4.70. The first-order valence-electron chi connectivity index (χ1n) is 9.89. The first-order chi connectivity index (χ1) is 13.5. The van der Waals surface area contributed by atoms with Crippen molar-refractivity contribution in [2.24, 2.45) is 5.92 Å². The predicted octanol–water partition coefficient (Wildman–Crippen LogP) is 4.28. The van der Waals surface area contributed by atoms with Gasteiger partial charge in [-0.3, -0.25) is 9.10 Å². The Morgan fingerprint density at radius 1 is 1.03 bits per heavy atom. The second kappa shape index (κ2) is 9.44. The van der Waals surface area contributed by atoms with Crippen LogP contribution in [0.3, 0.4) is 0 Å². The lowest BCUT2D eigenvalue weighted by atomic mass is 9.97. The topological polar surface area (TPSA) is 66.5 Å². The number of amides is 1. The number of benzene rings is 2. The maximum atomic E-state index is 12.9. The Morgan fingerprint density at radius 3 is 2.07 bits per heavy atom. The van der Waals surface area contributed by atoms with E-state index in [-0.39, 0.29) is 18.5 Å². The molecule has 0 bridgehead atoms. The highest BCUT2D eigenvalue weighted by atomic mass is 32.2. The van der Waals surface area contributed by atoms with Crippen LogP contribution >= 0.6 is 0 Å². The zero-order valence-corrected chi connectivity index (χ0v) is 19.0. The molecule has 0 aliphatic heterocycles. The van der Waals surface area contributed by atoms with Gasteiger partial charge >= 0.3 is 0 Å². The molecule has 0 aliphatic rings. The molecule has 0 heterocycles. The van der Waals surface area contributed by atoms with Gasteiger partial charge in [-0.1, -0.05) is 61.9 Å². The Kier molecular flexibility index (Phi) is 7.47. The molecule has 29 heavy (non-hydrogen) atoms. The molecule has 0 spiro atoms. The fraction of sp³-hybridized carbons (Fsp3) is 0.435. The molecule has 0 saturated carbocycles. The number of aryl methyl sites for hydroxylation is 3. The molecule has 5 nitrogen and oxygen atoms in total. The number of sulfonamides is 1. The number of nitrogens with zero attached hydrogens (tertiary/aromatic N) is 1. The first-order valence-corrected chi connectivity index (χ1v) is 11.7. The third-order valence-electron chi connectivity index (χ3n) is 4.82. The summed E-state index contributed by atoms with van der Waals surface area (Å²) in [6.45, 7) is 9.67. The van der Waals surface area contributed by atoms with E-state index < -0.39 is 10.0 Å². The van der Waals surface area contributed by atoms with Gasteiger partial charge in [0.2, 0.25) is 15.9 Å². The second-order valence-corrected chi connectivity index (χ2v) is 10.1. The maximum Gasteiger partial charge on any atom is 0.241 e. The summed E-state index contributed by atoms with van der Waals surface area (Å²) in [4.78, 5) is 12.9. The molecule has 0 radical (unpaired) electrons. The van der Waals surface area contributed by atoms with Crippen LogP contribution in [0.15, 0.2) is 42.5 Å². The zero-order chi connectivity index (χ0) is 21.8. The van der Waals surface area contributed by atoms with Crippen molar-refractivity contribution in [2.75, 3.05) is 17.1 Å². The summed E-state index contributed by atoms with van der Waals surface area (Å²) in [6.07, 6.45) is 1.92. The Balaban J connectivity index is 2.31. The number of carbonyl (C=O) groups excluding carboxylic acids is 1. The quantitative estimate of drug-likeness (QED) is 0.698. The summed E-state index contributed by atoms with van der Waals surface area (Å²) in [5.74, 6) is 0.0670. The van der Waals surface area contributed by atoms with Gasteiger partial charge in [0.05, 0.1) is 18.0 Å². The molecule has 0 saturated heterocycles. The van der Waals surface area contributed by atoms with Crippen molar-refractivity contribution < 1.29 is 13.2 Å². The minimum absolute atomic E-state index is 0.162. The van der Waals surface area contributed by atoms with Gasteiger partial charge in [0.15, 0.2) is 0 Å². The molecule has 0 fully saturated rings. The molecule has 1 atom stereocenters. The molecule has 0 unspecified atom stereocenters. The highest BCUT2D eigenvalue weighted by molar-refractivity contribution is 7.92. The van der Waals surface area contributed by atoms with Gasteiger partial charge in [-0.2, -0.15) is 0 Å². The lowest BCUT2D eigenvalue weighted by Gasteiger charge is -2.27. The standard InChI is InChI=1S/C23H32N2O3S/c1-16(2)12-21(20-10-8-7-9-11-20)24-22(26)15-25(29(6,27)28)23-18(4)13-17(3)14-19(23)5/h7-11,13-14,16,21H,12,15H2,1-6H3,(H,24,26)/t21-/m1/s1. The Bertz CT molecular complexity index is 930. The Labute approximate surface area is 175 Å². The predicted molar refractivity (Wildman–Crippen MR) is 120 cm³/mol. The summed E-state index contributed by atoms with van der Waals surface area (Å²) in [5.41, 5.74) is 4.32. The third kappa shape index (κ3) is 6.32. The van der Waals surface area contributed by atoms with Gasteiger partial charge in [-0.25, -0.2) is 8.42 Å². The van der Waals surface area contributed by atoms with Crippen molar-refractivity contribution in [2.45, 2.75) is 47.1 Å². The van der Waals surface area contributed by atoms with Gasteiger partial charge in [-0.05, 0) is 49.8 Å². The van der Waals surface area contributed by atoms with E-state index >= 15 is 0 Å². The highest BCUT2D eigenvalue weighted by Gasteiger charge is 2.25. The summed E-state index contributed by atoms with van der Waals surface area (Å²) in [7, 11) is -3.62. The molecule has 2 rings (SSSR count). The van der Waals surface area contributed by atoms with Gasteiger partial charge in [0, 0.05) is 0 Å². The largest absolute Gasteiger partial charge is 0.348 e. The Morgan fingerprint density at radius 2 is 1.59 bits per heavy atom. The van der Waals surface area contributed by atoms with E-state index in [2.05, 4.69) is 19.2 Å². The molecule has 158 valence electrons. The maximum absolute atomic E-state index is 12.9. The molecule has 6 heteroatoms. The Hall–Kier alpha value is -2.34. The van der Waals surface area contributed by atoms with Crippen LogP contribution in [-0.2, 0) is 14.8 Å². The average Bonchev–Trinajstić information content (AvgIpc) is 2.59. The van der Waals surface area contributed by atoms with Crippen molar-refractivity contribution in [3.05, 3.63) is 64.7 Å². The summed E-state index contributed by atoms with van der Waals surface area (Å²) < 4.78 is 26.3. The fourth-order valence-electron chi connectivity index (χ4n) is 3.73. The smallest absolute Gasteiger partial charge is 0.241 e. The van der Waals surface area contributed by atoms with Crippen LogP contribution in [0.5, 0.6) is 0 Å². The number of anilines is 1. The average molecular weight is 417 g/mol. The number of nitrogens with one attached hydrogen (secondary N) is 1. The monoisotopic (exact) mass is 416 g/mol. The molecule has 0 aliphatic carbocycles. The van der Waals surface area contributed by atoms with Gasteiger partial charge < -0.3 is 5.32 Å². The van der Waals surface area contributed by atoms with Crippen LogP contribution in [0.2, 0.25) is 0 Å². The summed E-state index contributed by atoms with van der Waals surface area (Å²) >= 11 is 0. The minimum atomic E-state index is -3.62. The van der Waals surface area contributed by atoms with Crippen molar-refractivity contribution in [3.63, 3.8) is 0 Å². The van der Waals surface area contributed by atoms with Crippen LogP contribution in [0.25, 0.3) is 0 Å². The van der Waals surface area contributed by atoms with E-state index in [1.807, 2.05) is 63.2 Å². The van der Waals surface area contributed by atoms with Crippen molar-refractivity contribution in [1.82, 2.24) is 5.32 Å². The second-order valence-electron chi connectivity index (χ2n) is 8.18. The van der Waals surface area contributed by atoms with E-state index in [4.69, 9.17) is 0 Å². The third-order valence-corrected chi connectivity index (χ3v) is 5.93. The van der Waals surface area contributed by atoms with E-state index in [1.54, 1.807) is 0 Å². The number of carbonyl (C=O) groups is 1. The van der Waals surface area contributed by atoms with Gasteiger partial charge in [-0.15, -0.1) is 0 Å². The highest BCUT2D eigenvalue weighted by Crippen LogP contribution is 2.28. The summed E-state index contributed by atoms with van der Waals surface area (Å²) in [6, 6.07) is 13.5. The molecule has 2 aromatic rings. The van der Waals surface area contributed by atoms with Crippen LogP contribution in [0.4, 0.5) is 5.69 Å². The van der Waals surface area contributed by atoms with Crippen molar-refractivity contribution >= 4 is 21.6 Å². The lowest BCUT2D eigenvalue weighted by Crippen LogP contribution is -2.42. The molecule has 1 N–H and O–H groups in total.